The minimum absolute atomic E-state index is 0.388. The molecule has 0 bridgehead atoms. The van der Waals surface area contributed by atoms with Crippen LogP contribution in [0.1, 0.15) is 18.2 Å². The summed E-state index contributed by atoms with van der Waals surface area (Å²) in [6.07, 6.45) is 3.00. The highest BCUT2D eigenvalue weighted by atomic mass is 15.2. The van der Waals surface area contributed by atoms with Gasteiger partial charge in [-0.2, -0.15) is 0 Å². The minimum Gasteiger partial charge on any atom is -0.314 e. The lowest BCUT2D eigenvalue weighted by Crippen LogP contribution is -2.50. The van der Waals surface area contributed by atoms with Crippen LogP contribution in [0.25, 0.3) is 0 Å². The van der Waals surface area contributed by atoms with Crippen LogP contribution >= 0.6 is 0 Å². The van der Waals surface area contributed by atoms with Crippen LogP contribution in [0.15, 0.2) is 24.4 Å². The molecule has 4 heteroatoms. The third-order valence-electron chi connectivity index (χ3n) is 3.79. The summed E-state index contributed by atoms with van der Waals surface area (Å²) in [5.74, 6) is 0. The number of rotatable bonds is 4. The first-order valence-electron chi connectivity index (χ1n) is 6.67. The van der Waals surface area contributed by atoms with Crippen molar-refractivity contribution in [2.45, 2.75) is 18.5 Å². The Morgan fingerprint density at radius 2 is 2.33 bits per heavy atom. The molecular formula is C14H24N4. The van der Waals surface area contributed by atoms with Crippen molar-refractivity contribution in [2.24, 2.45) is 0 Å². The molecule has 0 spiro atoms. The van der Waals surface area contributed by atoms with E-state index in [1.807, 2.05) is 12.3 Å². The second kappa shape index (κ2) is 6.27. The van der Waals surface area contributed by atoms with Crippen molar-refractivity contribution in [1.82, 2.24) is 20.1 Å². The number of hydrogen-bond acceptors (Lipinski definition) is 4. The predicted octanol–water partition coefficient (Wildman–Crippen LogP) is 0.978. The van der Waals surface area contributed by atoms with E-state index in [1.165, 1.54) is 5.69 Å². The molecule has 1 saturated heterocycles. The van der Waals surface area contributed by atoms with Gasteiger partial charge in [-0.05, 0) is 39.7 Å². The molecule has 2 atom stereocenters. The molecule has 1 fully saturated rings. The SMILES string of the molecule is CN(C)C(CC1CNCCN1C)c1ccccn1. The highest BCUT2D eigenvalue weighted by Crippen LogP contribution is 2.23. The van der Waals surface area contributed by atoms with E-state index in [0.29, 0.717) is 12.1 Å². The molecule has 1 N–H and O–H groups in total. The Kier molecular flexibility index (Phi) is 4.69. The van der Waals surface area contributed by atoms with Crippen molar-refractivity contribution in [3.63, 3.8) is 0 Å². The molecule has 2 unspecified atom stereocenters. The Balaban J connectivity index is 2.07. The van der Waals surface area contributed by atoms with Crippen LogP contribution in [0.4, 0.5) is 0 Å². The van der Waals surface area contributed by atoms with Crippen LogP contribution in [0.3, 0.4) is 0 Å². The molecule has 1 aromatic rings. The molecule has 4 nitrogen and oxygen atoms in total. The lowest BCUT2D eigenvalue weighted by molar-refractivity contribution is 0.148. The molecule has 0 radical (unpaired) electrons. The maximum absolute atomic E-state index is 4.51. The second-order valence-electron chi connectivity index (χ2n) is 5.31. The number of piperazine rings is 1. The average Bonchev–Trinajstić information content (AvgIpc) is 2.38. The Morgan fingerprint density at radius 1 is 1.50 bits per heavy atom. The molecule has 0 saturated carbocycles. The fraction of sp³-hybridized carbons (Fsp3) is 0.643. The van der Waals surface area contributed by atoms with Crippen molar-refractivity contribution in [3.8, 4) is 0 Å². The van der Waals surface area contributed by atoms with Gasteiger partial charge in [-0.3, -0.25) is 4.98 Å². The van der Waals surface area contributed by atoms with E-state index in [0.717, 1.165) is 26.1 Å². The van der Waals surface area contributed by atoms with Gasteiger partial charge in [0.25, 0.3) is 0 Å². The van der Waals surface area contributed by atoms with Crippen LogP contribution in [0.5, 0.6) is 0 Å². The lowest BCUT2D eigenvalue weighted by atomic mass is 10.0. The van der Waals surface area contributed by atoms with Gasteiger partial charge in [0.15, 0.2) is 0 Å². The topological polar surface area (TPSA) is 31.4 Å². The largest absolute Gasteiger partial charge is 0.314 e. The maximum atomic E-state index is 4.51. The van der Waals surface area contributed by atoms with Gasteiger partial charge in [0.05, 0.1) is 11.7 Å². The monoisotopic (exact) mass is 248 g/mol. The first-order valence-corrected chi connectivity index (χ1v) is 6.67. The molecule has 1 aromatic heterocycles. The van der Waals surface area contributed by atoms with Gasteiger partial charge in [0, 0.05) is 31.9 Å². The van der Waals surface area contributed by atoms with E-state index in [2.05, 4.69) is 53.4 Å². The Labute approximate surface area is 110 Å². The smallest absolute Gasteiger partial charge is 0.0575 e. The van der Waals surface area contributed by atoms with Crippen LogP contribution in [0.2, 0.25) is 0 Å². The van der Waals surface area contributed by atoms with Crippen molar-refractivity contribution in [1.29, 1.82) is 0 Å². The minimum atomic E-state index is 0.388. The fourth-order valence-electron chi connectivity index (χ4n) is 2.55. The van der Waals surface area contributed by atoms with Crippen molar-refractivity contribution in [3.05, 3.63) is 30.1 Å². The first-order chi connectivity index (χ1) is 8.68. The number of likely N-dealkylation sites (N-methyl/N-ethyl adjacent to an activating group) is 1. The summed E-state index contributed by atoms with van der Waals surface area (Å²) >= 11 is 0. The molecule has 0 amide bonds. The van der Waals surface area contributed by atoms with E-state index in [9.17, 15) is 0 Å². The molecule has 2 heterocycles. The summed E-state index contributed by atoms with van der Waals surface area (Å²) in [6.45, 7) is 3.31. The zero-order valence-electron chi connectivity index (χ0n) is 11.6. The van der Waals surface area contributed by atoms with Crippen LogP contribution in [0, 0.1) is 0 Å². The summed E-state index contributed by atoms with van der Waals surface area (Å²) in [4.78, 5) is 9.23. The third-order valence-corrected chi connectivity index (χ3v) is 3.79. The maximum Gasteiger partial charge on any atom is 0.0575 e. The van der Waals surface area contributed by atoms with Gasteiger partial charge in [0.1, 0.15) is 0 Å². The van der Waals surface area contributed by atoms with Crippen LogP contribution in [-0.4, -0.2) is 61.6 Å². The van der Waals surface area contributed by atoms with Gasteiger partial charge in [-0.15, -0.1) is 0 Å². The Bertz CT molecular complexity index is 352. The fourth-order valence-corrected chi connectivity index (χ4v) is 2.55. The van der Waals surface area contributed by atoms with Crippen molar-refractivity contribution < 1.29 is 0 Å². The standard InChI is InChI=1S/C14H24N4/c1-17(2)14(13-6-4-5-7-16-13)10-12-11-15-8-9-18(12)3/h4-7,12,14-15H,8-11H2,1-3H3. The summed E-state index contributed by atoms with van der Waals surface area (Å²) in [7, 11) is 6.49. The molecule has 1 aliphatic rings. The summed E-state index contributed by atoms with van der Waals surface area (Å²) < 4.78 is 0. The zero-order chi connectivity index (χ0) is 13.0. The first kappa shape index (κ1) is 13.5. The highest BCUT2D eigenvalue weighted by Gasteiger charge is 2.25. The van der Waals surface area contributed by atoms with Gasteiger partial charge < -0.3 is 15.1 Å². The zero-order valence-corrected chi connectivity index (χ0v) is 11.6. The van der Waals surface area contributed by atoms with E-state index in [4.69, 9.17) is 0 Å². The van der Waals surface area contributed by atoms with Crippen LogP contribution < -0.4 is 5.32 Å². The molecule has 0 aromatic carbocycles. The van der Waals surface area contributed by atoms with E-state index in [1.54, 1.807) is 0 Å². The molecule has 1 aliphatic heterocycles. The summed E-state index contributed by atoms with van der Waals surface area (Å²) in [5, 5.41) is 3.48. The van der Waals surface area contributed by atoms with Gasteiger partial charge in [0.2, 0.25) is 0 Å². The average molecular weight is 248 g/mol. The van der Waals surface area contributed by atoms with Gasteiger partial charge in [-0.25, -0.2) is 0 Å². The van der Waals surface area contributed by atoms with E-state index >= 15 is 0 Å². The highest BCUT2D eigenvalue weighted by molar-refractivity contribution is 5.09. The second-order valence-corrected chi connectivity index (χ2v) is 5.31. The van der Waals surface area contributed by atoms with Gasteiger partial charge >= 0.3 is 0 Å². The molecular weight excluding hydrogens is 224 g/mol. The lowest BCUT2D eigenvalue weighted by Gasteiger charge is -2.36. The molecule has 0 aliphatic carbocycles. The number of pyridine rings is 1. The molecule has 18 heavy (non-hydrogen) atoms. The third kappa shape index (κ3) is 3.28. The summed E-state index contributed by atoms with van der Waals surface area (Å²) in [5.41, 5.74) is 1.17. The quantitative estimate of drug-likeness (QED) is 0.860. The number of hydrogen-bond donors (Lipinski definition) is 1. The number of nitrogens with zero attached hydrogens (tertiary/aromatic N) is 3. The normalized spacial score (nSPS) is 23.2. The number of aromatic nitrogens is 1. The molecule has 100 valence electrons. The van der Waals surface area contributed by atoms with Crippen molar-refractivity contribution >= 4 is 0 Å². The molecule has 2 rings (SSSR count). The van der Waals surface area contributed by atoms with Gasteiger partial charge in [-0.1, -0.05) is 6.07 Å². The van der Waals surface area contributed by atoms with E-state index < -0.39 is 0 Å². The Morgan fingerprint density at radius 3 is 2.94 bits per heavy atom. The van der Waals surface area contributed by atoms with Crippen LogP contribution in [-0.2, 0) is 0 Å². The predicted molar refractivity (Wildman–Crippen MR) is 74.6 cm³/mol. The summed E-state index contributed by atoms with van der Waals surface area (Å²) in [6, 6.07) is 7.15. The Hall–Kier alpha value is -0.970. The van der Waals surface area contributed by atoms with E-state index in [-0.39, 0.29) is 0 Å². The van der Waals surface area contributed by atoms with Crippen molar-refractivity contribution in [2.75, 3.05) is 40.8 Å². The number of nitrogens with one attached hydrogen (secondary N) is 1.